The molecule has 0 N–H and O–H groups in total. The molecule has 8 rings (SSSR count). The fourth-order valence-electron chi connectivity index (χ4n) is 7.73. The summed E-state index contributed by atoms with van der Waals surface area (Å²) < 4.78 is 1.25. The van der Waals surface area contributed by atoms with Crippen LogP contribution in [-0.2, 0) is 65.0 Å². The number of rotatable bonds is 8. The molecule has 2 aliphatic rings. The summed E-state index contributed by atoms with van der Waals surface area (Å²) in [6, 6.07) is 45.4. The monoisotopic (exact) mass is 1010 g/mol. The molecule has 0 spiro atoms. The Morgan fingerprint density at radius 2 is 1.03 bits per heavy atom. The Bertz CT molecular complexity index is 2290. The summed E-state index contributed by atoms with van der Waals surface area (Å²) in [4.78, 5) is 0. The van der Waals surface area contributed by atoms with Crippen LogP contribution in [0.1, 0.15) is 104 Å². The molecule has 6 aromatic rings. The van der Waals surface area contributed by atoms with E-state index in [-0.39, 0.29) is 35.6 Å². The second-order valence-corrected chi connectivity index (χ2v) is 19.7. The fraction of sp³-hybridized carbons (Fsp3) is 0.255. The molecular formula is C55H54Cl6Zr. The third kappa shape index (κ3) is 13.0. The standard InChI is InChI=1S/C33H33.C17H14Cl4.C5H5.2ClH.Zr/c1-32(2,3)30-20-26-24(18-28(30)22-13-9-7-10-14-22)17-25-19-29(23-15-11-8-12-16-23)31(21-27(25)26)33(4,5)6;18-8-14-2-12(3-15(6-14)9-19)1-13-4-16(10-20)7-17(5-13)11-21;1-2-4-5-3-1;;;/h7-16,18,20-21H,17H2,1-6H3;2-7H,8-11H2;1-3H,4H2;2*1H;/q-1;;-1;;;+2. The smallest absolute Gasteiger partial charge is 0.109 e. The van der Waals surface area contributed by atoms with Crippen molar-refractivity contribution in [3.05, 3.63) is 201 Å². The Morgan fingerprint density at radius 3 is 1.44 bits per heavy atom. The average Bonchev–Trinajstić information content (AvgIpc) is 3.97. The maximum atomic E-state index is 5.99. The molecule has 62 heavy (non-hydrogen) atoms. The molecule has 6 aromatic carbocycles. The zero-order valence-electron chi connectivity index (χ0n) is 36.3. The first-order valence-corrected chi connectivity index (χ1v) is 23.8. The molecule has 0 aromatic heterocycles. The maximum absolute atomic E-state index is 5.99. The SMILES string of the molecule is CC(C)(C)c1cc2c([c-]c1-c1ccccc1)Cc1cc(-c3ccccc3)c(C(C)(C)C)cc1-2.Cl.Cl.ClCc1cc(CCl)cc([C](=[Zr+2])c2cc(CCl)cc(CCl)c2)c1.[C-]1=CC=CC1. The minimum atomic E-state index is 0. The largest absolute Gasteiger partial charge is 0.273 e. The summed E-state index contributed by atoms with van der Waals surface area (Å²) in [5, 5.41) is 0. The van der Waals surface area contributed by atoms with Gasteiger partial charge in [-0.25, -0.2) is 12.2 Å². The summed E-state index contributed by atoms with van der Waals surface area (Å²) in [7, 11) is 0. The molecule has 0 saturated heterocycles. The maximum Gasteiger partial charge on any atom is -0.109 e. The third-order valence-corrected chi connectivity index (χ3v) is 13.4. The topological polar surface area (TPSA) is 0 Å². The van der Waals surface area contributed by atoms with Gasteiger partial charge in [-0.05, 0) is 39.5 Å². The van der Waals surface area contributed by atoms with Crippen molar-refractivity contribution >= 4 is 74.4 Å². The normalized spacial score (nSPS) is 12.2. The van der Waals surface area contributed by atoms with Gasteiger partial charge >= 0.3 is 167 Å². The third-order valence-electron chi connectivity index (χ3n) is 10.7. The molecule has 0 amide bonds. The number of halogens is 6. The molecule has 0 unspecified atom stereocenters. The summed E-state index contributed by atoms with van der Waals surface area (Å²) in [6.07, 6.45) is 10.9. The van der Waals surface area contributed by atoms with Crippen LogP contribution in [0.4, 0.5) is 0 Å². The van der Waals surface area contributed by atoms with Crippen LogP contribution >= 0.6 is 71.2 Å². The number of fused-ring (bicyclic) bond motifs is 3. The van der Waals surface area contributed by atoms with Crippen molar-refractivity contribution in [1.82, 2.24) is 0 Å². The van der Waals surface area contributed by atoms with E-state index in [2.05, 4.69) is 163 Å². The Labute approximate surface area is 418 Å². The summed E-state index contributed by atoms with van der Waals surface area (Å²) in [5.74, 6) is 1.93. The molecule has 320 valence electrons. The van der Waals surface area contributed by atoms with Crippen LogP contribution in [0.25, 0.3) is 33.4 Å². The van der Waals surface area contributed by atoms with Gasteiger partial charge in [-0.2, -0.15) is 6.08 Å². The Balaban J connectivity index is 0.000000252. The Kier molecular flexibility index (Phi) is 19.7. The van der Waals surface area contributed by atoms with Crippen molar-refractivity contribution in [2.45, 2.75) is 88.7 Å². The predicted molar refractivity (Wildman–Crippen MR) is 272 cm³/mol. The van der Waals surface area contributed by atoms with Crippen molar-refractivity contribution < 1.29 is 24.2 Å². The van der Waals surface area contributed by atoms with Gasteiger partial charge in [0.15, 0.2) is 0 Å². The van der Waals surface area contributed by atoms with Crippen LogP contribution in [0.2, 0.25) is 0 Å². The first kappa shape index (κ1) is 51.9. The zero-order valence-corrected chi connectivity index (χ0v) is 43.4. The second kappa shape index (κ2) is 23.5. The summed E-state index contributed by atoms with van der Waals surface area (Å²) in [6.45, 7) is 13.9. The van der Waals surface area contributed by atoms with Crippen LogP contribution in [0.15, 0.2) is 133 Å². The molecule has 2 aliphatic carbocycles. The van der Waals surface area contributed by atoms with Gasteiger partial charge in [0.2, 0.25) is 0 Å². The van der Waals surface area contributed by atoms with E-state index in [1.165, 1.54) is 94.2 Å². The van der Waals surface area contributed by atoms with Gasteiger partial charge in [0.1, 0.15) is 0 Å². The molecule has 0 saturated carbocycles. The molecule has 0 atom stereocenters. The first-order valence-electron chi connectivity index (χ1n) is 20.4. The van der Waals surface area contributed by atoms with E-state index in [0.29, 0.717) is 23.5 Å². The Hall–Kier alpha value is -2.71. The van der Waals surface area contributed by atoms with Gasteiger partial charge in [0.25, 0.3) is 0 Å². The van der Waals surface area contributed by atoms with Crippen molar-refractivity contribution in [1.29, 1.82) is 0 Å². The molecule has 0 radical (unpaired) electrons. The van der Waals surface area contributed by atoms with Crippen LogP contribution < -0.4 is 0 Å². The second-order valence-electron chi connectivity index (χ2n) is 17.4. The van der Waals surface area contributed by atoms with Crippen molar-refractivity contribution in [3.8, 4) is 33.4 Å². The van der Waals surface area contributed by atoms with Crippen LogP contribution in [0, 0.1) is 12.1 Å². The summed E-state index contributed by atoms with van der Waals surface area (Å²) >= 11 is 25.3. The van der Waals surface area contributed by atoms with E-state index < -0.39 is 0 Å². The van der Waals surface area contributed by atoms with Gasteiger partial charge in [-0.15, -0.1) is 60.1 Å². The quantitative estimate of drug-likeness (QED) is 0.105. The minimum Gasteiger partial charge on any atom is -0.273 e. The number of hydrogen-bond donors (Lipinski definition) is 0. The van der Waals surface area contributed by atoms with E-state index in [4.69, 9.17) is 46.4 Å². The number of allylic oxidation sites excluding steroid dienone is 4. The van der Waals surface area contributed by atoms with Crippen LogP contribution in [0.3, 0.4) is 0 Å². The van der Waals surface area contributed by atoms with Crippen molar-refractivity contribution in [2.24, 2.45) is 0 Å². The van der Waals surface area contributed by atoms with Crippen molar-refractivity contribution in [3.63, 3.8) is 0 Å². The molecule has 0 nitrogen and oxygen atoms in total. The van der Waals surface area contributed by atoms with Gasteiger partial charge in [0.05, 0.1) is 0 Å². The molecule has 0 fully saturated rings. The number of benzene rings is 6. The van der Waals surface area contributed by atoms with Gasteiger partial charge in [-0.3, -0.25) is 6.08 Å². The van der Waals surface area contributed by atoms with Crippen LogP contribution in [-0.4, -0.2) is 3.21 Å². The molecular weight excluding hydrogens is 965 g/mol. The average molecular weight is 1020 g/mol. The summed E-state index contributed by atoms with van der Waals surface area (Å²) in [5.41, 5.74) is 20.2. The molecule has 0 heterocycles. The van der Waals surface area contributed by atoms with Crippen molar-refractivity contribution in [2.75, 3.05) is 0 Å². The van der Waals surface area contributed by atoms with E-state index in [1.54, 1.807) is 0 Å². The van der Waals surface area contributed by atoms with Gasteiger partial charge < -0.3 is 0 Å². The van der Waals surface area contributed by atoms with Crippen LogP contribution in [0.5, 0.6) is 0 Å². The number of hydrogen-bond acceptors (Lipinski definition) is 0. The Morgan fingerprint density at radius 1 is 0.565 bits per heavy atom. The fourth-order valence-corrected chi connectivity index (χ4v) is 9.06. The predicted octanol–water partition coefficient (Wildman–Crippen LogP) is 16.9. The van der Waals surface area contributed by atoms with E-state index in [1.807, 2.05) is 24.3 Å². The van der Waals surface area contributed by atoms with E-state index in [9.17, 15) is 0 Å². The van der Waals surface area contributed by atoms with E-state index in [0.717, 1.165) is 35.1 Å². The van der Waals surface area contributed by atoms with E-state index >= 15 is 0 Å². The molecule has 7 heteroatoms. The molecule has 0 aliphatic heterocycles. The first-order chi connectivity index (χ1) is 28.7. The molecule has 0 bridgehead atoms. The van der Waals surface area contributed by atoms with Gasteiger partial charge in [-0.1, -0.05) is 131 Å². The minimum absolute atomic E-state index is 0. The zero-order chi connectivity index (χ0) is 43.0. The number of alkyl halides is 4. The van der Waals surface area contributed by atoms with Gasteiger partial charge in [0, 0.05) is 0 Å².